The minimum Gasteiger partial charge on any atom is -0.495 e. The molecule has 2 aromatic carbocycles. The Labute approximate surface area is 221 Å². The third-order valence-electron chi connectivity index (χ3n) is 6.03. The molecule has 1 saturated heterocycles. The molecular weight excluding hydrogens is 519 g/mol. The van der Waals surface area contributed by atoms with Gasteiger partial charge in [0.15, 0.2) is 0 Å². The second kappa shape index (κ2) is 10.4. The molecule has 3 amide bonds. The Hall–Kier alpha value is -3.99. The first kappa shape index (κ1) is 27.1. The van der Waals surface area contributed by atoms with E-state index in [-0.39, 0.29) is 16.3 Å². The molecule has 198 valence electrons. The summed E-state index contributed by atoms with van der Waals surface area (Å²) in [6, 6.07) is 12.5. The van der Waals surface area contributed by atoms with Gasteiger partial charge >= 0.3 is 6.18 Å². The molecule has 0 aliphatic carbocycles. The SMILES string of the molecule is COc1ccc(C(F)(F)F)cc1NC(=O)CN1C(=O)S/C(=C\c2cc(C)n(-c3ccc(C)cc3)c2C)C1=O. The number of benzene rings is 2. The van der Waals surface area contributed by atoms with Gasteiger partial charge in [0.25, 0.3) is 11.1 Å². The van der Waals surface area contributed by atoms with E-state index in [0.29, 0.717) is 11.8 Å². The molecule has 0 bridgehead atoms. The van der Waals surface area contributed by atoms with Gasteiger partial charge in [-0.25, -0.2) is 0 Å². The number of carbonyl (C=O) groups is 3. The normalized spacial score (nSPS) is 14.9. The number of carbonyl (C=O) groups excluding carboxylic acids is 3. The third-order valence-corrected chi connectivity index (χ3v) is 6.93. The molecule has 38 heavy (non-hydrogen) atoms. The third kappa shape index (κ3) is 5.47. The van der Waals surface area contributed by atoms with Crippen LogP contribution in [0.1, 0.15) is 28.1 Å². The van der Waals surface area contributed by atoms with E-state index in [1.807, 2.05) is 55.7 Å². The summed E-state index contributed by atoms with van der Waals surface area (Å²) >= 11 is 0.696. The van der Waals surface area contributed by atoms with Crippen LogP contribution in [0, 0.1) is 20.8 Å². The highest BCUT2D eigenvalue weighted by Crippen LogP contribution is 2.36. The van der Waals surface area contributed by atoms with Gasteiger partial charge in [0.1, 0.15) is 12.3 Å². The van der Waals surface area contributed by atoms with Crippen LogP contribution in [0.15, 0.2) is 53.4 Å². The standard InChI is InChI=1S/C27H24F3N3O4S/c1-15-5-8-20(9-6-15)33-16(2)11-18(17(33)3)12-23-25(35)32(26(36)38-23)14-24(34)31-21-13-19(27(28,29)30)7-10-22(21)37-4/h5-13H,14H2,1-4H3,(H,31,34)/b23-12-. The van der Waals surface area contributed by atoms with Crippen molar-refractivity contribution < 1.29 is 32.3 Å². The van der Waals surface area contributed by atoms with Crippen LogP contribution < -0.4 is 10.1 Å². The van der Waals surface area contributed by atoms with E-state index in [2.05, 4.69) is 5.32 Å². The molecule has 0 atom stereocenters. The zero-order valence-corrected chi connectivity index (χ0v) is 21.8. The molecule has 1 fully saturated rings. The van der Waals surface area contributed by atoms with Crippen LogP contribution in [0.3, 0.4) is 0 Å². The van der Waals surface area contributed by atoms with Crippen molar-refractivity contribution in [3.8, 4) is 11.4 Å². The lowest BCUT2D eigenvalue weighted by Gasteiger charge is -2.16. The van der Waals surface area contributed by atoms with Crippen molar-refractivity contribution in [1.29, 1.82) is 0 Å². The fraction of sp³-hybridized carbons (Fsp3) is 0.222. The van der Waals surface area contributed by atoms with Crippen LogP contribution in [0.25, 0.3) is 11.8 Å². The molecule has 0 saturated carbocycles. The highest BCUT2D eigenvalue weighted by molar-refractivity contribution is 8.18. The smallest absolute Gasteiger partial charge is 0.416 e. The number of nitrogens with zero attached hydrogens (tertiary/aromatic N) is 2. The van der Waals surface area contributed by atoms with Crippen molar-refractivity contribution in [3.05, 3.63) is 81.5 Å². The fourth-order valence-corrected chi connectivity index (χ4v) is 4.95. The van der Waals surface area contributed by atoms with E-state index < -0.39 is 35.3 Å². The maximum Gasteiger partial charge on any atom is 0.416 e. The number of nitrogens with one attached hydrogen (secondary N) is 1. The lowest BCUT2D eigenvalue weighted by molar-refractivity contribution is -0.137. The van der Waals surface area contributed by atoms with Crippen LogP contribution in [0.2, 0.25) is 0 Å². The van der Waals surface area contributed by atoms with E-state index in [4.69, 9.17) is 4.74 Å². The second-order valence-electron chi connectivity index (χ2n) is 8.73. The predicted molar refractivity (Wildman–Crippen MR) is 139 cm³/mol. The number of aromatic nitrogens is 1. The Kier molecular flexibility index (Phi) is 7.41. The number of thioether (sulfide) groups is 1. The van der Waals surface area contributed by atoms with Gasteiger partial charge in [-0.15, -0.1) is 0 Å². The maximum atomic E-state index is 13.1. The van der Waals surface area contributed by atoms with Gasteiger partial charge in [-0.2, -0.15) is 13.2 Å². The average molecular weight is 544 g/mol. The van der Waals surface area contributed by atoms with Crippen molar-refractivity contribution in [3.63, 3.8) is 0 Å². The molecule has 0 radical (unpaired) electrons. The predicted octanol–water partition coefficient (Wildman–Crippen LogP) is 6.10. The molecule has 7 nitrogen and oxygen atoms in total. The van der Waals surface area contributed by atoms with Crippen molar-refractivity contribution in [2.45, 2.75) is 26.9 Å². The van der Waals surface area contributed by atoms with Gasteiger partial charge in [0, 0.05) is 17.1 Å². The molecule has 1 aliphatic rings. The van der Waals surface area contributed by atoms with Crippen molar-refractivity contribution in [2.24, 2.45) is 0 Å². The number of alkyl halides is 3. The number of amides is 3. The first-order valence-corrected chi connectivity index (χ1v) is 12.3. The topological polar surface area (TPSA) is 80.6 Å². The first-order valence-electron chi connectivity index (χ1n) is 11.5. The van der Waals surface area contributed by atoms with Crippen molar-refractivity contribution in [2.75, 3.05) is 19.0 Å². The summed E-state index contributed by atoms with van der Waals surface area (Å²) in [6.45, 7) is 5.17. The summed E-state index contributed by atoms with van der Waals surface area (Å²) in [5.41, 5.74) is 3.43. The van der Waals surface area contributed by atoms with Crippen LogP contribution in [0.5, 0.6) is 5.75 Å². The molecule has 1 aromatic heterocycles. The zero-order chi connectivity index (χ0) is 27.8. The molecule has 1 N–H and O–H groups in total. The van der Waals surface area contributed by atoms with Crippen LogP contribution in [0.4, 0.5) is 23.7 Å². The summed E-state index contributed by atoms with van der Waals surface area (Å²) < 4.78 is 46.4. The molecule has 11 heteroatoms. The quantitative estimate of drug-likeness (QED) is 0.380. The lowest BCUT2D eigenvalue weighted by Crippen LogP contribution is -2.36. The summed E-state index contributed by atoms with van der Waals surface area (Å²) in [5, 5.41) is 1.65. The minimum absolute atomic E-state index is 0.00400. The molecule has 3 aromatic rings. The number of aryl methyl sites for hydroxylation is 2. The Balaban J connectivity index is 1.53. The number of imide groups is 1. The van der Waals surface area contributed by atoms with E-state index in [9.17, 15) is 27.6 Å². The number of anilines is 1. The first-order chi connectivity index (χ1) is 17.9. The molecule has 4 rings (SSSR count). The fourth-order valence-electron chi connectivity index (χ4n) is 4.12. The number of rotatable bonds is 6. The van der Waals surface area contributed by atoms with E-state index in [1.54, 1.807) is 6.08 Å². The summed E-state index contributed by atoms with van der Waals surface area (Å²) in [7, 11) is 1.25. The Morgan fingerprint density at radius 1 is 1.05 bits per heavy atom. The van der Waals surface area contributed by atoms with Crippen LogP contribution in [-0.4, -0.2) is 40.2 Å². The molecule has 0 spiro atoms. The molecule has 0 unspecified atom stereocenters. The number of methoxy groups -OCH3 is 1. The Morgan fingerprint density at radius 2 is 1.74 bits per heavy atom. The summed E-state index contributed by atoms with van der Waals surface area (Å²) in [6.07, 6.45) is -3.02. The molecule has 2 heterocycles. The Bertz CT molecular complexity index is 1460. The molecular formula is C27H24F3N3O4S. The van der Waals surface area contributed by atoms with Gasteiger partial charge in [-0.3, -0.25) is 19.3 Å². The van der Waals surface area contributed by atoms with Crippen LogP contribution in [-0.2, 0) is 15.8 Å². The van der Waals surface area contributed by atoms with Crippen LogP contribution >= 0.6 is 11.8 Å². The number of hydrogen-bond acceptors (Lipinski definition) is 5. The van der Waals surface area contributed by atoms with E-state index >= 15 is 0 Å². The minimum atomic E-state index is -4.63. The Morgan fingerprint density at radius 3 is 2.37 bits per heavy atom. The van der Waals surface area contributed by atoms with Gasteiger partial charge in [-0.1, -0.05) is 17.7 Å². The van der Waals surface area contributed by atoms with Gasteiger partial charge in [0.05, 0.1) is 23.3 Å². The second-order valence-corrected chi connectivity index (χ2v) is 9.72. The van der Waals surface area contributed by atoms with Gasteiger partial charge in [0.2, 0.25) is 5.91 Å². The largest absolute Gasteiger partial charge is 0.495 e. The molecule has 1 aliphatic heterocycles. The zero-order valence-electron chi connectivity index (χ0n) is 21.0. The highest BCUT2D eigenvalue weighted by Gasteiger charge is 2.37. The van der Waals surface area contributed by atoms with E-state index in [0.717, 1.165) is 51.3 Å². The summed E-state index contributed by atoms with van der Waals surface area (Å²) in [4.78, 5) is 39.1. The van der Waals surface area contributed by atoms with Crippen molar-refractivity contribution >= 4 is 40.6 Å². The van der Waals surface area contributed by atoms with E-state index in [1.165, 1.54) is 7.11 Å². The average Bonchev–Trinajstić information content (AvgIpc) is 3.28. The van der Waals surface area contributed by atoms with Gasteiger partial charge < -0.3 is 14.6 Å². The monoisotopic (exact) mass is 543 g/mol. The lowest BCUT2D eigenvalue weighted by atomic mass is 10.1. The van der Waals surface area contributed by atoms with Gasteiger partial charge in [-0.05, 0) is 80.6 Å². The number of ether oxygens (including phenoxy) is 1. The van der Waals surface area contributed by atoms with Crippen molar-refractivity contribution in [1.82, 2.24) is 9.47 Å². The summed E-state index contributed by atoms with van der Waals surface area (Å²) in [5.74, 6) is -1.50. The number of halogens is 3. The highest BCUT2D eigenvalue weighted by atomic mass is 32.2. The number of hydrogen-bond donors (Lipinski definition) is 1. The maximum absolute atomic E-state index is 13.1.